The number of phenols is 1. The third-order valence-corrected chi connectivity index (χ3v) is 8.84. The summed E-state index contributed by atoms with van der Waals surface area (Å²) in [5.41, 5.74) is 1.35. The number of sulfonamides is 2. The summed E-state index contributed by atoms with van der Waals surface area (Å²) in [6, 6.07) is 9.97. The smallest absolute Gasteiger partial charge is 0.324 e. The Balaban J connectivity index is 1.53. The highest BCUT2D eigenvalue weighted by Gasteiger charge is 2.30. The number of nitrogens with zero attached hydrogens (tertiary/aromatic N) is 1. The summed E-state index contributed by atoms with van der Waals surface area (Å²) < 4.78 is 58.5. The molecule has 2 aromatic carbocycles. The maximum absolute atomic E-state index is 12.9. The number of carbonyl (C=O) groups is 1. The second kappa shape index (κ2) is 13.8. The third kappa shape index (κ3) is 9.30. The van der Waals surface area contributed by atoms with Gasteiger partial charge < -0.3 is 25.2 Å². The molecule has 0 bridgehead atoms. The number of piperidine rings is 1. The van der Waals surface area contributed by atoms with Gasteiger partial charge in [0.15, 0.2) is 0 Å². The maximum Gasteiger partial charge on any atom is 0.324 e. The Morgan fingerprint density at radius 1 is 1.07 bits per heavy atom. The predicted molar refractivity (Wildman–Crippen MR) is 157 cm³/mol. The van der Waals surface area contributed by atoms with Crippen LogP contribution in [0.5, 0.6) is 5.75 Å². The lowest BCUT2D eigenvalue weighted by Crippen LogP contribution is -2.45. The molecular weight excluding hydrogens is 572 g/mol. The molecule has 41 heavy (non-hydrogen) atoms. The van der Waals surface area contributed by atoms with Crippen molar-refractivity contribution in [3.05, 3.63) is 48.0 Å². The zero-order valence-electron chi connectivity index (χ0n) is 23.7. The molecule has 1 saturated heterocycles. The van der Waals surface area contributed by atoms with Gasteiger partial charge in [-0.3, -0.25) is 9.52 Å². The molecule has 0 spiro atoms. The highest BCUT2D eigenvalue weighted by molar-refractivity contribution is 7.92. The van der Waals surface area contributed by atoms with Crippen LogP contribution in [-0.4, -0.2) is 77.6 Å². The molecule has 3 rings (SSSR count). The van der Waals surface area contributed by atoms with Crippen LogP contribution in [0.2, 0.25) is 0 Å². The molecule has 1 aliphatic heterocycles. The zero-order chi connectivity index (χ0) is 30.4. The Bertz CT molecular complexity index is 1390. The Morgan fingerprint density at radius 3 is 2.27 bits per heavy atom. The normalized spacial score (nSPS) is 16.4. The standard InChI is InChI=1S/C27H40N4O8S2/c1-5-39-27(34)26(18(2)3)30-41(37,38)22-9-7-21(8-10-22)31-14-12-20(13-15-31)28-17-25(33)19-6-11-24(32)23(16-19)29-40(4,35)36/h6-11,16,18,20,25-26,28-30,32-33H,5,12-15,17H2,1-4H3/t25-,26-/m0/s1. The second-order valence-electron chi connectivity index (χ2n) is 10.4. The number of esters is 1. The minimum absolute atomic E-state index is 0.00527. The van der Waals surface area contributed by atoms with Crippen molar-refractivity contribution in [1.29, 1.82) is 0 Å². The summed E-state index contributed by atoms with van der Waals surface area (Å²) >= 11 is 0. The van der Waals surface area contributed by atoms with Gasteiger partial charge >= 0.3 is 5.97 Å². The molecule has 0 aliphatic carbocycles. The molecule has 0 amide bonds. The first-order chi connectivity index (χ1) is 19.2. The molecule has 14 heteroatoms. The molecule has 2 aromatic rings. The quantitative estimate of drug-likeness (QED) is 0.166. The minimum atomic E-state index is -3.93. The molecule has 2 atom stereocenters. The van der Waals surface area contributed by atoms with E-state index in [4.69, 9.17) is 4.74 Å². The first-order valence-electron chi connectivity index (χ1n) is 13.5. The van der Waals surface area contributed by atoms with Gasteiger partial charge in [0.25, 0.3) is 0 Å². The lowest BCUT2D eigenvalue weighted by molar-refractivity contribution is -0.146. The number of benzene rings is 2. The molecule has 1 aliphatic rings. The average Bonchev–Trinajstić information content (AvgIpc) is 2.91. The van der Waals surface area contributed by atoms with Gasteiger partial charge in [0, 0.05) is 31.4 Å². The van der Waals surface area contributed by atoms with Gasteiger partial charge in [-0.05, 0) is 67.6 Å². The number of hydrogen-bond donors (Lipinski definition) is 5. The molecule has 12 nitrogen and oxygen atoms in total. The van der Waals surface area contributed by atoms with E-state index in [1.165, 1.54) is 30.3 Å². The van der Waals surface area contributed by atoms with E-state index in [9.17, 15) is 31.8 Å². The summed E-state index contributed by atoms with van der Waals surface area (Å²) in [6.45, 7) is 7.01. The minimum Gasteiger partial charge on any atom is -0.506 e. The van der Waals surface area contributed by atoms with Crippen LogP contribution in [0, 0.1) is 5.92 Å². The van der Waals surface area contributed by atoms with Crippen LogP contribution < -0.4 is 19.7 Å². The van der Waals surface area contributed by atoms with Crippen LogP contribution in [0.25, 0.3) is 0 Å². The second-order valence-corrected chi connectivity index (χ2v) is 13.9. The molecule has 0 unspecified atom stereocenters. The summed E-state index contributed by atoms with van der Waals surface area (Å²) in [7, 11) is -7.51. The Hall–Kier alpha value is -2.91. The van der Waals surface area contributed by atoms with E-state index in [1.807, 2.05) is 0 Å². The van der Waals surface area contributed by atoms with Crippen LogP contribution in [0.1, 0.15) is 45.3 Å². The van der Waals surface area contributed by atoms with Gasteiger partial charge in [-0.15, -0.1) is 0 Å². The monoisotopic (exact) mass is 612 g/mol. The predicted octanol–water partition coefficient (Wildman–Crippen LogP) is 1.92. The molecule has 5 N–H and O–H groups in total. The number of ether oxygens (including phenoxy) is 1. The van der Waals surface area contributed by atoms with Gasteiger partial charge in [0.2, 0.25) is 20.0 Å². The molecule has 0 radical (unpaired) electrons. The molecule has 1 fully saturated rings. The number of carbonyl (C=O) groups excluding carboxylic acids is 1. The molecular formula is C27H40N4O8S2. The molecule has 0 aromatic heterocycles. The van der Waals surface area contributed by atoms with E-state index < -0.39 is 38.2 Å². The summed E-state index contributed by atoms with van der Waals surface area (Å²) in [6.07, 6.45) is 1.66. The van der Waals surface area contributed by atoms with Crippen LogP contribution in [0.4, 0.5) is 11.4 Å². The van der Waals surface area contributed by atoms with E-state index in [0.717, 1.165) is 37.9 Å². The van der Waals surface area contributed by atoms with Crippen molar-refractivity contribution >= 4 is 37.4 Å². The number of aliphatic hydroxyl groups is 1. The van der Waals surface area contributed by atoms with Gasteiger partial charge in [-0.2, -0.15) is 4.72 Å². The fourth-order valence-corrected chi connectivity index (χ4v) is 6.44. The number of hydrogen-bond acceptors (Lipinski definition) is 10. The number of rotatable bonds is 13. The first-order valence-corrected chi connectivity index (χ1v) is 16.8. The number of anilines is 2. The van der Waals surface area contributed by atoms with Crippen molar-refractivity contribution < 1.29 is 36.6 Å². The lowest BCUT2D eigenvalue weighted by atomic mass is 10.0. The van der Waals surface area contributed by atoms with E-state index in [2.05, 4.69) is 19.7 Å². The van der Waals surface area contributed by atoms with Crippen molar-refractivity contribution in [3.63, 3.8) is 0 Å². The number of nitrogens with one attached hydrogen (secondary N) is 3. The zero-order valence-corrected chi connectivity index (χ0v) is 25.3. The number of aromatic hydroxyl groups is 1. The first kappa shape index (κ1) is 32.6. The fourth-order valence-electron chi connectivity index (χ4n) is 4.54. The SMILES string of the molecule is CCOC(=O)[C@@H](NS(=O)(=O)c1ccc(N2CCC(NC[C@H](O)c3ccc(O)c(NS(C)(=O)=O)c3)CC2)cc1)C(C)C. The largest absolute Gasteiger partial charge is 0.506 e. The van der Waals surface area contributed by atoms with Crippen LogP contribution >= 0.6 is 0 Å². The highest BCUT2D eigenvalue weighted by atomic mass is 32.2. The van der Waals surface area contributed by atoms with Crippen LogP contribution in [0.3, 0.4) is 0 Å². The lowest BCUT2D eigenvalue weighted by Gasteiger charge is -2.34. The van der Waals surface area contributed by atoms with E-state index >= 15 is 0 Å². The summed E-state index contributed by atoms with van der Waals surface area (Å²) in [5.74, 6) is -1.12. The average molecular weight is 613 g/mol. The van der Waals surface area contributed by atoms with Crippen LogP contribution in [0.15, 0.2) is 47.4 Å². The van der Waals surface area contributed by atoms with Crippen molar-refractivity contribution in [2.75, 3.05) is 42.1 Å². The molecule has 228 valence electrons. The molecule has 0 saturated carbocycles. The van der Waals surface area contributed by atoms with Gasteiger partial charge in [-0.25, -0.2) is 16.8 Å². The van der Waals surface area contributed by atoms with Crippen molar-refractivity contribution in [3.8, 4) is 5.75 Å². The van der Waals surface area contributed by atoms with Gasteiger partial charge in [0.05, 0.1) is 29.5 Å². The highest BCUT2D eigenvalue weighted by Crippen LogP contribution is 2.28. The Labute approximate surface area is 242 Å². The van der Waals surface area contributed by atoms with Crippen molar-refractivity contribution in [1.82, 2.24) is 10.0 Å². The third-order valence-electron chi connectivity index (χ3n) is 6.80. The van der Waals surface area contributed by atoms with E-state index in [1.54, 1.807) is 32.9 Å². The van der Waals surface area contributed by atoms with E-state index in [-0.39, 0.29) is 41.4 Å². The Kier molecular flexibility index (Phi) is 11.0. The topological polar surface area (TPSA) is 174 Å². The van der Waals surface area contributed by atoms with Crippen LogP contribution in [-0.2, 0) is 29.6 Å². The van der Waals surface area contributed by atoms with Crippen molar-refractivity contribution in [2.24, 2.45) is 5.92 Å². The molecule has 1 heterocycles. The van der Waals surface area contributed by atoms with Gasteiger partial charge in [-0.1, -0.05) is 19.9 Å². The fraction of sp³-hybridized carbons (Fsp3) is 0.519. The maximum atomic E-state index is 12.9. The van der Waals surface area contributed by atoms with Gasteiger partial charge in [0.1, 0.15) is 11.8 Å². The Morgan fingerprint density at radius 2 is 1.71 bits per heavy atom. The number of aliphatic hydroxyl groups excluding tert-OH is 1. The van der Waals surface area contributed by atoms with E-state index in [0.29, 0.717) is 5.56 Å². The summed E-state index contributed by atoms with van der Waals surface area (Å²) in [5, 5.41) is 23.9. The summed E-state index contributed by atoms with van der Waals surface area (Å²) in [4.78, 5) is 14.4. The number of phenolic OH excluding ortho intramolecular Hbond substituents is 1. The van der Waals surface area contributed by atoms with Crippen molar-refractivity contribution in [2.45, 2.75) is 56.7 Å².